The minimum atomic E-state index is -4.35. The van der Waals surface area contributed by atoms with Crippen LogP contribution in [0, 0.1) is 0 Å². The van der Waals surface area contributed by atoms with E-state index >= 15 is 0 Å². The minimum Gasteiger partial charge on any atom is -0.423 e. The summed E-state index contributed by atoms with van der Waals surface area (Å²) in [6.07, 6.45) is 0.810. The predicted molar refractivity (Wildman–Crippen MR) is 90.1 cm³/mol. The van der Waals surface area contributed by atoms with Crippen LogP contribution in [-0.2, 0) is 17.5 Å². The summed E-state index contributed by atoms with van der Waals surface area (Å²) >= 11 is -0.212. The lowest BCUT2D eigenvalue weighted by molar-refractivity contribution is -0.0328. The second-order valence-corrected chi connectivity index (χ2v) is 6.82. The Kier molecular flexibility index (Phi) is 5.22. The Balaban J connectivity index is 1.71. The highest BCUT2D eigenvalue weighted by atomic mass is 32.2. The zero-order valence-electron chi connectivity index (χ0n) is 13.0. The van der Waals surface area contributed by atoms with Crippen molar-refractivity contribution in [2.75, 3.05) is 6.61 Å². The number of benzene rings is 2. The first-order valence-electron chi connectivity index (χ1n) is 7.62. The molecular weight excluding hydrogens is 352 g/mol. The molecule has 0 saturated heterocycles. The van der Waals surface area contributed by atoms with E-state index < -0.39 is 12.6 Å². The van der Waals surface area contributed by atoms with E-state index in [4.69, 9.17) is 4.65 Å². The van der Waals surface area contributed by atoms with E-state index in [0.29, 0.717) is 24.1 Å². The predicted octanol–water partition coefficient (Wildman–Crippen LogP) is 2.98. The largest absolute Gasteiger partial charge is 0.491 e. The van der Waals surface area contributed by atoms with Crippen molar-refractivity contribution in [3.05, 3.63) is 59.2 Å². The number of hydrogen-bond acceptors (Lipinski definition) is 4. The normalized spacial score (nSPS) is 14.3. The van der Waals surface area contributed by atoms with E-state index in [0.717, 1.165) is 11.1 Å². The Morgan fingerprint density at radius 1 is 1.20 bits per heavy atom. The summed E-state index contributed by atoms with van der Waals surface area (Å²) in [7, 11) is -0.988. The van der Waals surface area contributed by atoms with Crippen LogP contribution in [0.4, 0.5) is 13.2 Å². The van der Waals surface area contributed by atoms with Gasteiger partial charge in [0.05, 0.1) is 0 Å². The lowest BCUT2D eigenvalue weighted by Gasteiger charge is -2.19. The smallest absolute Gasteiger partial charge is 0.423 e. The monoisotopic (exact) mass is 366 g/mol. The first-order chi connectivity index (χ1) is 11.8. The Bertz CT molecular complexity index is 778. The van der Waals surface area contributed by atoms with Gasteiger partial charge in [-0.1, -0.05) is 30.3 Å². The van der Waals surface area contributed by atoms with Crippen LogP contribution < -0.4 is 5.46 Å². The maximum Gasteiger partial charge on any atom is 0.491 e. The molecular formula is C17H14BF3O3S. The lowest BCUT2D eigenvalue weighted by Crippen LogP contribution is -2.41. The quantitative estimate of drug-likeness (QED) is 0.514. The van der Waals surface area contributed by atoms with Gasteiger partial charge in [0.15, 0.2) is 5.78 Å². The van der Waals surface area contributed by atoms with Crippen LogP contribution in [0.5, 0.6) is 0 Å². The molecule has 1 N–H and O–H groups in total. The molecule has 8 heteroatoms. The number of Topliss-reactive ketones (excluding diaryl/α,β-unsaturated/α-hetero) is 1. The van der Waals surface area contributed by atoms with Crippen LogP contribution in [0.1, 0.15) is 21.5 Å². The standard InChI is InChI=1S/C17H14BF3O3S/c19-17(20,21)25-14-5-3-13(4-6-14)16(22)10-11-1-2-12-7-8-24-18(23)15(12)9-11/h1-6,9,23H,7-8,10H2. The van der Waals surface area contributed by atoms with E-state index in [9.17, 15) is 23.0 Å². The molecule has 2 aromatic carbocycles. The average Bonchev–Trinajstić information content (AvgIpc) is 2.55. The maximum absolute atomic E-state index is 12.3. The maximum atomic E-state index is 12.3. The zero-order valence-corrected chi connectivity index (χ0v) is 13.9. The molecule has 1 heterocycles. The van der Waals surface area contributed by atoms with Crippen LogP contribution >= 0.6 is 11.8 Å². The number of hydrogen-bond donors (Lipinski definition) is 1. The van der Waals surface area contributed by atoms with Crippen molar-refractivity contribution in [3.63, 3.8) is 0 Å². The van der Waals surface area contributed by atoms with Crippen molar-refractivity contribution >= 4 is 30.1 Å². The van der Waals surface area contributed by atoms with E-state index in [1.54, 1.807) is 6.07 Å². The number of ketones is 1. The molecule has 130 valence electrons. The fraction of sp³-hybridized carbons (Fsp3) is 0.235. The number of alkyl halides is 3. The number of carbonyl (C=O) groups excluding carboxylic acids is 1. The third kappa shape index (κ3) is 4.65. The molecule has 3 rings (SSSR count). The van der Waals surface area contributed by atoms with Gasteiger partial charge in [0.2, 0.25) is 0 Å². The molecule has 1 aliphatic rings. The van der Waals surface area contributed by atoms with Crippen LogP contribution in [0.25, 0.3) is 0 Å². The van der Waals surface area contributed by atoms with Gasteiger partial charge in [0, 0.05) is 23.5 Å². The number of rotatable bonds is 4. The van der Waals surface area contributed by atoms with Crippen LogP contribution in [-0.4, -0.2) is 30.0 Å². The Labute approximate surface area is 147 Å². The van der Waals surface area contributed by atoms with Crippen LogP contribution in [0.15, 0.2) is 47.4 Å². The second kappa shape index (κ2) is 7.23. The highest BCUT2D eigenvalue weighted by Crippen LogP contribution is 2.36. The summed E-state index contributed by atoms with van der Waals surface area (Å²) in [4.78, 5) is 12.4. The fourth-order valence-corrected chi connectivity index (χ4v) is 3.25. The number of carbonyl (C=O) groups is 1. The third-order valence-electron chi connectivity index (χ3n) is 3.90. The van der Waals surface area contributed by atoms with Crippen molar-refractivity contribution in [1.82, 2.24) is 0 Å². The highest BCUT2D eigenvalue weighted by molar-refractivity contribution is 8.00. The Morgan fingerprint density at radius 3 is 2.60 bits per heavy atom. The summed E-state index contributed by atoms with van der Waals surface area (Å²) in [5.74, 6) is -0.199. The molecule has 25 heavy (non-hydrogen) atoms. The van der Waals surface area contributed by atoms with Gasteiger partial charge < -0.3 is 9.68 Å². The average molecular weight is 366 g/mol. The molecule has 0 fully saturated rings. The van der Waals surface area contributed by atoms with E-state index in [2.05, 4.69) is 0 Å². The van der Waals surface area contributed by atoms with E-state index in [1.165, 1.54) is 24.3 Å². The second-order valence-electron chi connectivity index (χ2n) is 5.68. The topological polar surface area (TPSA) is 46.5 Å². The molecule has 2 aromatic rings. The molecule has 0 unspecified atom stereocenters. The van der Waals surface area contributed by atoms with Crippen molar-refractivity contribution in [2.24, 2.45) is 0 Å². The van der Waals surface area contributed by atoms with Gasteiger partial charge in [0.1, 0.15) is 0 Å². The van der Waals surface area contributed by atoms with Crippen molar-refractivity contribution in [1.29, 1.82) is 0 Å². The summed E-state index contributed by atoms with van der Waals surface area (Å²) in [6.45, 7) is 0.453. The van der Waals surface area contributed by atoms with Crippen LogP contribution in [0.2, 0.25) is 0 Å². The van der Waals surface area contributed by atoms with E-state index in [1.807, 2.05) is 12.1 Å². The highest BCUT2D eigenvalue weighted by Gasteiger charge is 2.29. The molecule has 0 aromatic heterocycles. The van der Waals surface area contributed by atoms with Gasteiger partial charge in [-0.3, -0.25) is 4.79 Å². The molecule has 0 spiro atoms. The molecule has 3 nitrogen and oxygen atoms in total. The van der Waals surface area contributed by atoms with Crippen molar-refractivity contribution in [3.8, 4) is 0 Å². The summed E-state index contributed by atoms with van der Waals surface area (Å²) in [6, 6.07) is 10.8. The summed E-state index contributed by atoms with van der Waals surface area (Å²) < 4.78 is 42.1. The number of fused-ring (bicyclic) bond motifs is 1. The Hall–Kier alpha value is -1.77. The lowest BCUT2D eigenvalue weighted by atomic mass is 9.73. The van der Waals surface area contributed by atoms with Crippen LogP contribution in [0.3, 0.4) is 0 Å². The number of halogens is 3. The van der Waals surface area contributed by atoms with Gasteiger partial charge >= 0.3 is 12.6 Å². The molecule has 0 atom stereocenters. The summed E-state index contributed by atoms with van der Waals surface area (Å²) in [5, 5.41) is 9.86. The molecule has 0 amide bonds. The molecule has 0 radical (unpaired) electrons. The first-order valence-corrected chi connectivity index (χ1v) is 8.44. The fourth-order valence-electron chi connectivity index (χ4n) is 2.71. The molecule has 1 aliphatic heterocycles. The Morgan fingerprint density at radius 2 is 1.92 bits per heavy atom. The first kappa shape index (κ1) is 18.0. The molecule has 0 saturated carbocycles. The van der Waals surface area contributed by atoms with Gasteiger partial charge in [-0.25, -0.2) is 0 Å². The number of thioether (sulfide) groups is 1. The minimum absolute atomic E-state index is 0.0399. The van der Waals surface area contributed by atoms with E-state index in [-0.39, 0.29) is 28.9 Å². The van der Waals surface area contributed by atoms with Gasteiger partial charge in [-0.2, -0.15) is 13.2 Å². The van der Waals surface area contributed by atoms with Gasteiger partial charge in [0.25, 0.3) is 0 Å². The van der Waals surface area contributed by atoms with Crippen molar-refractivity contribution in [2.45, 2.75) is 23.2 Å². The third-order valence-corrected chi connectivity index (χ3v) is 4.64. The van der Waals surface area contributed by atoms with Gasteiger partial charge in [-0.05, 0) is 46.9 Å². The zero-order chi connectivity index (χ0) is 18.0. The summed E-state index contributed by atoms with van der Waals surface area (Å²) in [5.41, 5.74) is -1.63. The molecule has 0 bridgehead atoms. The van der Waals surface area contributed by atoms with Gasteiger partial charge in [-0.15, -0.1) is 0 Å². The molecule has 0 aliphatic carbocycles. The van der Waals surface area contributed by atoms with Crippen molar-refractivity contribution < 1.29 is 27.6 Å². The SMILES string of the molecule is O=C(Cc1ccc2c(c1)B(O)OCC2)c1ccc(SC(F)(F)F)cc1.